The summed E-state index contributed by atoms with van der Waals surface area (Å²) in [6, 6.07) is 0. The molecule has 0 aliphatic heterocycles. The zero-order valence-corrected chi connectivity index (χ0v) is 15.0. The molecular weight excluding hydrogens is 304 g/mol. The van der Waals surface area contributed by atoms with E-state index in [2.05, 4.69) is 5.32 Å². The van der Waals surface area contributed by atoms with Crippen LogP contribution >= 0.6 is 0 Å². The normalized spacial score (nSPS) is 10.3. The van der Waals surface area contributed by atoms with Crippen molar-refractivity contribution in [1.29, 1.82) is 5.26 Å². The number of hydrogen-bond donors (Lipinski definition) is 2. The number of carboxylic acid groups (broad SMARTS) is 1. The number of aliphatic carboxylic acids is 1. The fraction of sp³-hybridized carbons (Fsp3) is 0.842. The van der Waals surface area contributed by atoms with Gasteiger partial charge < -0.3 is 5.11 Å². The molecule has 0 spiro atoms. The monoisotopic (exact) mass is 338 g/mol. The molecule has 0 aromatic carbocycles. The number of hydrogen-bond acceptors (Lipinski definition) is 3. The van der Waals surface area contributed by atoms with Gasteiger partial charge in [0.2, 0.25) is 5.91 Å². The molecule has 0 rings (SSSR count). The molecule has 0 heterocycles. The number of carboxylic acids is 1. The van der Waals surface area contributed by atoms with Crippen LogP contribution < -0.4 is 5.32 Å². The van der Waals surface area contributed by atoms with Crippen molar-refractivity contribution in [1.82, 2.24) is 5.32 Å². The summed E-state index contributed by atoms with van der Waals surface area (Å²) in [5.41, 5.74) is 0. The Hall–Kier alpha value is -1.57. The van der Waals surface area contributed by atoms with E-state index < -0.39 is 5.97 Å². The predicted molar refractivity (Wildman–Crippen MR) is 95.3 cm³/mol. The lowest BCUT2D eigenvalue weighted by Gasteiger charge is -2.03. The van der Waals surface area contributed by atoms with Gasteiger partial charge in [-0.15, -0.1) is 0 Å². The molecule has 0 saturated carbocycles. The summed E-state index contributed by atoms with van der Waals surface area (Å²) >= 11 is 0. The lowest BCUT2D eigenvalue weighted by Crippen LogP contribution is -2.16. The molecule has 0 aromatic heterocycles. The van der Waals surface area contributed by atoms with Gasteiger partial charge in [-0.05, 0) is 12.8 Å². The van der Waals surface area contributed by atoms with Crippen molar-refractivity contribution in [3.05, 3.63) is 0 Å². The smallest absolute Gasteiger partial charge is 0.303 e. The van der Waals surface area contributed by atoms with Gasteiger partial charge in [0.25, 0.3) is 0 Å². The number of amides is 1. The summed E-state index contributed by atoms with van der Waals surface area (Å²) in [4.78, 5) is 21.4. The Kier molecular flexibility index (Phi) is 16.6. The second kappa shape index (κ2) is 17.8. The summed E-state index contributed by atoms with van der Waals surface area (Å²) in [6.07, 6.45) is 18.8. The lowest BCUT2D eigenvalue weighted by atomic mass is 10.0. The van der Waals surface area contributed by atoms with Crippen molar-refractivity contribution < 1.29 is 14.7 Å². The molecule has 0 radical (unpaired) electrons. The molecule has 0 unspecified atom stereocenters. The van der Waals surface area contributed by atoms with E-state index in [0.717, 1.165) is 25.7 Å². The van der Waals surface area contributed by atoms with Gasteiger partial charge in [0.15, 0.2) is 6.19 Å². The van der Waals surface area contributed by atoms with Gasteiger partial charge in [-0.3, -0.25) is 14.9 Å². The summed E-state index contributed by atoms with van der Waals surface area (Å²) in [7, 11) is 0. The average molecular weight is 338 g/mol. The molecular formula is C19H34N2O3. The van der Waals surface area contributed by atoms with Crippen molar-refractivity contribution in [3.8, 4) is 6.19 Å². The van der Waals surface area contributed by atoms with Crippen LogP contribution in [0.3, 0.4) is 0 Å². The van der Waals surface area contributed by atoms with Gasteiger partial charge in [-0.2, -0.15) is 5.26 Å². The third-order valence-corrected chi connectivity index (χ3v) is 4.24. The molecule has 138 valence electrons. The first-order valence-electron chi connectivity index (χ1n) is 9.56. The Balaban J connectivity index is 3.06. The number of nitrogens with one attached hydrogen (secondary N) is 1. The van der Waals surface area contributed by atoms with Gasteiger partial charge in [0, 0.05) is 12.8 Å². The number of nitrogens with zero attached hydrogens (tertiary/aromatic N) is 1. The molecule has 0 saturated heterocycles. The fourth-order valence-corrected chi connectivity index (χ4v) is 2.81. The third-order valence-electron chi connectivity index (χ3n) is 4.24. The van der Waals surface area contributed by atoms with E-state index >= 15 is 0 Å². The van der Waals surface area contributed by atoms with Crippen LogP contribution in [0.2, 0.25) is 0 Å². The summed E-state index contributed by atoms with van der Waals surface area (Å²) in [5, 5.41) is 19.0. The van der Waals surface area contributed by atoms with Gasteiger partial charge in [-0.1, -0.05) is 77.0 Å². The fourth-order valence-electron chi connectivity index (χ4n) is 2.81. The summed E-state index contributed by atoms with van der Waals surface area (Å²) in [6.45, 7) is 0. The maximum absolute atomic E-state index is 11.0. The number of rotatable bonds is 17. The first kappa shape index (κ1) is 22.4. The molecule has 0 bridgehead atoms. The second-order valence-electron chi connectivity index (χ2n) is 6.50. The molecule has 24 heavy (non-hydrogen) atoms. The van der Waals surface area contributed by atoms with E-state index in [0.29, 0.717) is 12.8 Å². The van der Waals surface area contributed by atoms with Crippen LogP contribution in [-0.4, -0.2) is 17.0 Å². The Morgan fingerprint density at radius 2 is 1.00 bits per heavy atom. The van der Waals surface area contributed by atoms with Gasteiger partial charge >= 0.3 is 5.97 Å². The van der Waals surface area contributed by atoms with Crippen LogP contribution in [0.1, 0.15) is 103 Å². The lowest BCUT2D eigenvalue weighted by molar-refractivity contribution is -0.137. The minimum Gasteiger partial charge on any atom is -0.481 e. The Labute approximate surface area is 146 Å². The molecule has 0 aliphatic carbocycles. The number of nitriles is 1. The van der Waals surface area contributed by atoms with Gasteiger partial charge in [-0.25, -0.2) is 0 Å². The van der Waals surface area contributed by atoms with Crippen molar-refractivity contribution in [2.45, 2.75) is 103 Å². The van der Waals surface area contributed by atoms with E-state index in [1.807, 2.05) is 0 Å². The maximum atomic E-state index is 11.0. The second-order valence-corrected chi connectivity index (χ2v) is 6.50. The first-order chi connectivity index (χ1) is 11.7. The topological polar surface area (TPSA) is 90.2 Å². The minimum absolute atomic E-state index is 0.167. The molecule has 1 amide bonds. The quantitative estimate of drug-likeness (QED) is 0.224. The van der Waals surface area contributed by atoms with Crippen LogP contribution in [0.4, 0.5) is 0 Å². The van der Waals surface area contributed by atoms with Crippen LogP contribution in [0.5, 0.6) is 0 Å². The Morgan fingerprint density at radius 3 is 1.33 bits per heavy atom. The molecule has 0 atom stereocenters. The van der Waals surface area contributed by atoms with Gasteiger partial charge in [0.1, 0.15) is 0 Å². The molecule has 0 aliphatic rings. The highest BCUT2D eigenvalue weighted by Gasteiger charge is 1.99. The summed E-state index contributed by atoms with van der Waals surface area (Å²) < 4.78 is 0. The molecule has 0 fully saturated rings. The van der Waals surface area contributed by atoms with Crippen molar-refractivity contribution in [2.24, 2.45) is 0 Å². The third kappa shape index (κ3) is 18.5. The van der Waals surface area contributed by atoms with E-state index in [-0.39, 0.29) is 5.91 Å². The van der Waals surface area contributed by atoms with Crippen LogP contribution in [0, 0.1) is 11.5 Å². The molecule has 2 N–H and O–H groups in total. The largest absolute Gasteiger partial charge is 0.481 e. The SMILES string of the molecule is N#CNC(=O)CCCCCCCCCCCCCCCCC(=O)O. The van der Waals surface area contributed by atoms with E-state index in [4.69, 9.17) is 10.4 Å². The average Bonchev–Trinajstić information content (AvgIpc) is 2.54. The van der Waals surface area contributed by atoms with Crippen LogP contribution in [0.15, 0.2) is 0 Å². The Morgan fingerprint density at radius 1 is 0.667 bits per heavy atom. The summed E-state index contributed by atoms with van der Waals surface area (Å²) in [5.74, 6) is -0.848. The van der Waals surface area contributed by atoms with E-state index in [1.165, 1.54) is 64.2 Å². The molecule has 5 heteroatoms. The van der Waals surface area contributed by atoms with Crippen LogP contribution in [0.25, 0.3) is 0 Å². The predicted octanol–water partition coefficient (Wildman–Crippen LogP) is 4.91. The minimum atomic E-state index is -0.681. The van der Waals surface area contributed by atoms with Crippen molar-refractivity contribution >= 4 is 11.9 Å². The highest BCUT2D eigenvalue weighted by molar-refractivity contribution is 5.77. The highest BCUT2D eigenvalue weighted by atomic mass is 16.4. The van der Waals surface area contributed by atoms with Crippen molar-refractivity contribution in [2.75, 3.05) is 0 Å². The zero-order chi connectivity index (χ0) is 17.9. The number of carbonyl (C=O) groups excluding carboxylic acids is 1. The first-order valence-corrected chi connectivity index (χ1v) is 9.56. The van der Waals surface area contributed by atoms with E-state index in [1.54, 1.807) is 6.19 Å². The molecule has 0 aromatic rings. The standard InChI is InChI=1S/C19H34N2O3/c20-17-21-18(22)15-13-11-9-7-5-3-1-2-4-6-8-10-12-14-16-19(23)24/h1-16H2,(H,21,22)(H,23,24). The Bertz CT molecular complexity index is 364. The maximum Gasteiger partial charge on any atom is 0.303 e. The van der Waals surface area contributed by atoms with E-state index in [9.17, 15) is 9.59 Å². The van der Waals surface area contributed by atoms with Crippen LogP contribution in [-0.2, 0) is 9.59 Å². The number of unbranched alkanes of at least 4 members (excludes halogenated alkanes) is 13. The van der Waals surface area contributed by atoms with Crippen molar-refractivity contribution in [3.63, 3.8) is 0 Å². The zero-order valence-electron chi connectivity index (χ0n) is 15.0. The number of carbonyl (C=O) groups is 2. The van der Waals surface area contributed by atoms with Gasteiger partial charge in [0.05, 0.1) is 0 Å². The highest BCUT2D eigenvalue weighted by Crippen LogP contribution is 2.13. The molecule has 5 nitrogen and oxygen atoms in total.